The zero-order valence-corrected chi connectivity index (χ0v) is 15.7. The number of hydrogen-bond acceptors (Lipinski definition) is 5. The molecule has 6 nitrogen and oxygen atoms in total. The SMILES string of the molecule is COCCO[C@@H]1CCN(C(=O)c2cc(C3CC3)on2)[C@H]1Cc1ccccc1. The van der Waals surface area contributed by atoms with Gasteiger partial charge in [-0.3, -0.25) is 4.79 Å². The maximum Gasteiger partial charge on any atom is 0.276 e. The van der Waals surface area contributed by atoms with Crippen LogP contribution in [0.4, 0.5) is 0 Å². The lowest BCUT2D eigenvalue weighted by Gasteiger charge is -2.28. The summed E-state index contributed by atoms with van der Waals surface area (Å²) in [6.45, 7) is 1.75. The van der Waals surface area contributed by atoms with Crippen LogP contribution in [-0.2, 0) is 15.9 Å². The van der Waals surface area contributed by atoms with Crippen molar-refractivity contribution in [1.29, 1.82) is 0 Å². The monoisotopic (exact) mass is 370 g/mol. The first-order chi connectivity index (χ1) is 13.3. The van der Waals surface area contributed by atoms with E-state index >= 15 is 0 Å². The van der Waals surface area contributed by atoms with Crippen LogP contribution in [0.5, 0.6) is 0 Å². The number of likely N-dealkylation sites (tertiary alicyclic amines) is 1. The Labute approximate surface area is 159 Å². The van der Waals surface area contributed by atoms with Crippen LogP contribution in [-0.4, -0.2) is 55.0 Å². The summed E-state index contributed by atoms with van der Waals surface area (Å²) in [5, 5.41) is 4.04. The van der Waals surface area contributed by atoms with Crippen molar-refractivity contribution in [3.8, 4) is 0 Å². The third-order valence-electron chi connectivity index (χ3n) is 5.38. The molecule has 2 aliphatic rings. The first-order valence-corrected chi connectivity index (χ1v) is 9.68. The minimum atomic E-state index is -0.0653. The van der Waals surface area contributed by atoms with Crippen LogP contribution in [0, 0.1) is 0 Å². The van der Waals surface area contributed by atoms with Gasteiger partial charge in [-0.25, -0.2) is 0 Å². The molecular formula is C21H26N2O4. The fourth-order valence-electron chi connectivity index (χ4n) is 3.75. The summed E-state index contributed by atoms with van der Waals surface area (Å²) in [5.41, 5.74) is 1.61. The third-order valence-corrected chi connectivity index (χ3v) is 5.38. The summed E-state index contributed by atoms with van der Waals surface area (Å²) >= 11 is 0. The van der Waals surface area contributed by atoms with E-state index in [0.717, 1.165) is 31.4 Å². The Hall–Kier alpha value is -2.18. The van der Waals surface area contributed by atoms with E-state index in [-0.39, 0.29) is 18.1 Å². The minimum Gasteiger partial charge on any atom is -0.382 e. The van der Waals surface area contributed by atoms with Crippen molar-refractivity contribution in [2.24, 2.45) is 0 Å². The number of benzene rings is 1. The van der Waals surface area contributed by atoms with Gasteiger partial charge in [-0.1, -0.05) is 35.5 Å². The van der Waals surface area contributed by atoms with Crippen LogP contribution in [0.1, 0.15) is 47.0 Å². The van der Waals surface area contributed by atoms with E-state index in [0.29, 0.717) is 31.4 Å². The Morgan fingerprint density at radius 3 is 2.78 bits per heavy atom. The maximum absolute atomic E-state index is 13.1. The van der Waals surface area contributed by atoms with Gasteiger partial charge in [0.15, 0.2) is 5.69 Å². The number of rotatable bonds is 8. The largest absolute Gasteiger partial charge is 0.382 e. The van der Waals surface area contributed by atoms with E-state index in [9.17, 15) is 4.79 Å². The number of aromatic nitrogens is 1. The van der Waals surface area contributed by atoms with Gasteiger partial charge >= 0.3 is 0 Å². The van der Waals surface area contributed by atoms with Gasteiger partial charge in [0.05, 0.1) is 25.4 Å². The summed E-state index contributed by atoms with van der Waals surface area (Å²) in [5.74, 6) is 1.22. The standard InChI is InChI=1S/C21H26N2O4/c1-25-11-12-26-19-9-10-23(18(19)13-15-5-3-2-4-6-15)21(24)17-14-20(27-22-17)16-7-8-16/h2-6,14,16,18-19H,7-13H2,1H3/t18-,19+/m0/s1. The topological polar surface area (TPSA) is 64.8 Å². The van der Waals surface area contributed by atoms with Crippen LogP contribution in [0.25, 0.3) is 0 Å². The molecule has 4 rings (SSSR count). The van der Waals surface area contributed by atoms with Gasteiger partial charge in [0.1, 0.15) is 5.76 Å². The lowest BCUT2D eigenvalue weighted by Crippen LogP contribution is -2.42. The van der Waals surface area contributed by atoms with Gasteiger partial charge in [-0.15, -0.1) is 0 Å². The molecule has 2 aromatic rings. The number of carbonyl (C=O) groups is 1. The summed E-state index contributed by atoms with van der Waals surface area (Å²) < 4.78 is 16.5. The van der Waals surface area contributed by atoms with Gasteiger partial charge in [0, 0.05) is 25.6 Å². The summed E-state index contributed by atoms with van der Waals surface area (Å²) in [6, 6.07) is 12.0. The molecule has 1 aromatic carbocycles. The first-order valence-electron chi connectivity index (χ1n) is 9.68. The highest BCUT2D eigenvalue weighted by Gasteiger charge is 2.39. The van der Waals surface area contributed by atoms with E-state index in [1.165, 1.54) is 5.56 Å². The fraction of sp³-hybridized carbons (Fsp3) is 0.524. The van der Waals surface area contributed by atoms with Crippen molar-refractivity contribution in [2.45, 2.75) is 43.7 Å². The smallest absolute Gasteiger partial charge is 0.276 e. The zero-order chi connectivity index (χ0) is 18.6. The van der Waals surface area contributed by atoms with Gasteiger partial charge in [-0.05, 0) is 31.2 Å². The molecule has 2 fully saturated rings. The van der Waals surface area contributed by atoms with Crippen LogP contribution in [0.3, 0.4) is 0 Å². The van der Waals surface area contributed by atoms with E-state index in [1.807, 2.05) is 29.2 Å². The van der Waals surface area contributed by atoms with Crippen molar-refractivity contribution in [2.75, 3.05) is 26.9 Å². The van der Waals surface area contributed by atoms with Crippen molar-refractivity contribution in [3.63, 3.8) is 0 Å². The lowest BCUT2D eigenvalue weighted by molar-refractivity contribution is 0.000369. The van der Waals surface area contributed by atoms with Gasteiger partial charge in [0.25, 0.3) is 5.91 Å². The summed E-state index contributed by atoms with van der Waals surface area (Å²) in [6.07, 6.45) is 3.83. The highest BCUT2D eigenvalue weighted by atomic mass is 16.5. The molecule has 0 unspecified atom stereocenters. The highest BCUT2D eigenvalue weighted by Crippen LogP contribution is 2.40. The molecule has 0 bridgehead atoms. The minimum absolute atomic E-state index is 0.000824. The van der Waals surface area contributed by atoms with E-state index < -0.39 is 0 Å². The van der Waals surface area contributed by atoms with E-state index in [1.54, 1.807) is 7.11 Å². The zero-order valence-electron chi connectivity index (χ0n) is 15.7. The molecular weight excluding hydrogens is 344 g/mol. The molecule has 6 heteroatoms. The van der Waals surface area contributed by atoms with E-state index in [4.69, 9.17) is 14.0 Å². The van der Waals surface area contributed by atoms with Crippen molar-refractivity contribution in [3.05, 3.63) is 53.4 Å². The average molecular weight is 370 g/mol. The van der Waals surface area contributed by atoms with Gasteiger partial charge in [0.2, 0.25) is 0 Å². The Balaban J connectivity index is 1.50. The number of amides is 1. The molecule has 0 spiro atoms. The van der Waals surface area contributed by atoms with Gasteiger partial charge in [-0.2, -0.15) is 0 Å². The van der Waals surface area contributed by atoms with Crippen LogP contribution >= 0.6 is 0 Å². The highest BCUT2D eigenvalue weighted by molar-refractivity contribution is 5.92. The molecule has 1 aliphatic heterocycles. The Bertz CT molecular complexity index is 757. The Morgan fingerprint density at radius 1 is 1.22 bits per heavy atom. The summed E-state index contributed by atoms with van der Waals surface area (Å²) in [4.78, 5) is 15.0. The predicted molar refractivity (Wildman–Crippen MR) is 99.7 cm³/mol. The Morgan fingerprint density at radius 2 is 2.04 bits per heavy atom. The van der Waals surface area contributed by atoms with Crippen LogP contribution < -0.4 is 0 Å². The molecule has 144 valence electrons. The number of hydrogen-bond donors (Lipinski definition) is 0. The molecule has 1 amide bonds. The number of nitrogens with zero attached hydrogens (tertiary/aromatic N) is 2. The fourth-order valence-corrected chi connectivity index (χ4v) is 3.75. The van der Waals surface area contributed by atoms with Crippen molar-refractivity contribution in [1.82, 2.24) is 10.1 Å². The lowest BCUT2D eigenvalue weighted by atomic mass is 10.0. The first kappa shape index (κ1) is 18.2. The second kappa shape index (κ2) is 8.23. The van der Waals surface area contributed by atoms with Crippen LogP contribution in [0.2, 0.25) is 0 Å². The van der Waals surface area contributed by atoms with Crippen LogP contribution in [0.15, 0.2) is 40.9 Å². The normalized spacial score (nSPS) is 22.3. The summed E-state index contributed by atoms with van der Waals surface area (Å²) in [7, 11) is 1.66. The number of carbonyl (C=O) groups excluding carboxylic acids is 1. The molecule has 1 aromatic heterocycles. The third kappa shape index (κ3) is 4.22. The van der Waals surface area contributed by atoms with Crippen molar-refractivity contribution >= 4 is 5.91 Å². The molecule has 1 aliphatic carbocycles. The average Bonchev–Trinajstić information content (AvgIpc) is 3.29. The molecule has 0 N–H and O–H groups in total. The second-order valence-corrected chi connectivity index (χ2v) is 7.34. The second-order valence-electron chi connectivity index (χ2n) is 7.34. The van der Waals surface area contributed by atoms with Crippen molar-refractivity contribution < 1.29 is 18.8 Å². The Kier molecular flexibility index (Phi) is 5.55. The molecule has 2 atom stereocenters. The predicted octanol–water partition coefficient (Wildman–Crippen LogP) is 3.04. The molecule has 27 heavy (non-hydrogen) atoms. The number of ether oxygens (including phenoxy) is 2. The molecule has 0 radical (unpaired) electrons. The van der Waals surface area contributed by atoms with E-state index in [2.05, 4.69) is 17.3 Å². The van der Waals surface area contributed by atoms with Gasteiger partial charge < -0.3 is 18.9 Å². The molecule has 1 saturated heterocycles. The number of methoxy groups -OCH3 is 1. The maximum atomic E-state index is 13.1. The molecule has 2 heterocycles. The molecule has 1 saturated carbocycles. The quantitative estimate of drug-likeness (QED) is 0.668.